The Bertz CT molecular complexity index is 471. The molecule has 0 heterocycles. The van der Waals surface area contributed by atoms with Gasteiger partial charge in [-0.05, 0) is 62.3 Å². The van der Waals surface area contributed by atoms with Gasteiger partial charge >= 0.3 is 0 Å². The normalized spacial score (nSPS) is 15.1. The molecule has 116 valence electrons. The van der Waals surface area contributed by atoms with E-state index in [2.05, 4.69) is 17.4 Å². The number of hydrogen-bond acceptors (Lipinski definition) is 3. The number of amides is 1. The molecule has 21 heavy (non-hydrogen) atoms. The van der Waals surface area contributed by atoms with Gasteiger partial charge in [-0.3, -0.25) is 4.79 Å². The summed E-state index contributed by atoms with van der Waals surface area (Å²) in [5.74, 6) is 0.866. The highest BCUT2D eigenvalue weighted by Crippen LogP contribution is 2.25. The average molecular weight is 291 g/mol. The van der Waals surface area contributed by atoms with Crippen molar-refractivity contribution in [1.29, 1.82) is 0 Å². The molecule has 0 saturated carbocycles. The maximum absolute atomic E-state index is 11.5. The Morgan fingerprint density at radius 2 is 2.10 bits per heavy atom. The van der Waals surface area contributed by atoms with Gasteiger partial charge < -0.3 is 15.2 Å². The van der Waals surface area contributed by atoms with Crippen molar-refractivity contribution in [2.75, 3.05) is 13.2 Å². The second-order valence-electron chi connectivity index (χ2n) is 5.74. The number of aliphatic hydroxyl groups excluding tert-OH is 1. The van der Waals surface area contributed by atoms with Gasteiger partial charge in [0, 0.05) is 13.0 Å². The first-order chi connectivity index (χ1) is 10.1. The van der Waals surface area contributed by atoms with E-state index in [1.165, 1.54) is 30.4 Å². The summed E-state index contributed by atoms with van der Waals surface area (Å²) < 4.78 is 5.72. The minimum absolute atomic E-state index is 0.0371. The molecule has 0 aliphatic heterocycles. The van der Waals surface area contributed by atoms with Gasteiger partial charge in [-0.25, -0.2) is 0 Å². The van der Waals surface area contributed by atoms with Gasteiger partial charge in [0.15, 0.2) is 0 Å². The fourth-order valence-corrected chi connectivity index (χ4v) is 2.57. The zero-order chi connectivity index (χ0) is 15.1. The van der Waals surface area contributed by atoms with Gasteiger partial charge in [0.1, 0.15) is 5.75 Å². The largest absolute Gasteiger partial charge is 0.494 e. The minimum atomic E-state index is -0.499. The molecule has 0 fully saturated rings. The Morgan fingerprint density at radius 1 is 1.33 bits per heavy atom. The molecule has 0 radical (unpaired) electrons. The summed E-state index contributed by atoms with van der Waals surface area (Å²) in [6.45, 7) is 2.50. The van der Waals surface area contributed by atoms with Crippen LogP contribution in [0.25, 0.3) is 0 Å². The molecule has 1 aliphatic carbocycles. The number of rotatable bonds is 7. The lowest BCUT2D eigenvalue weighted by atomic mass is 9.92. The van der Waals surface area contributed by atoms with Gasteiger partial charge in [-0.1, -0.05) is 6.07 Å². The number of nitrogens with one attached hydrogen (secondary N) is 1. The first-order valence-electron chi connectivity index (χ1n) is 7.84. The average Bonchev–Trinajstić information content (AvgIpc) is 2.49. The van der Waals surface area contributed by atoms with Crippen LogP contribution in [0.2, 0.25) is 0 Å². The van der Waals surface area contributed by atoms with Crippen LogP contribution in [0, 0.1) is 0 Å². The number of carbonyl (C=O) groups is 1. The topological polar surface area (TPSA) is 58.6 Å². The summed E-state index contributed by atoms with van der Waals surface area (Å²) in [5, 5.41) is 11.8. The minimum Gasteiger partial charge on any atom is -0.494 e. The number of hydrogen-bond donors (Lipinski definition) is 2. The lowest BCUT2D eigenvalue weighted by molar-refractivity contribution is -0.121. The maximum atomic E-state index is 11.5. The van der Waals surface area contributed by atoms with Gasteiger partial charge in [-0.15, -0.1) is 0 Å². The molecule has 1 unspecified atom stereocenters. The van der Waals surface area contributed by atoms with E-state index in [0.717, 1.165) is 12.2 Å². The molecule has 2 rings (SSSR count). The summed E-state index contributed by atoms with van der Waals surface area (Å²) in [4.78, 5) is 11.5. The second-order valence-corrected chi connectivity index (χ2v) is 5.74. The van der Waals surface area contributed by atoms with Crippen LogP contribution in [0.5, 0.6) is 5.75 Å². The highest BCUT2D eigenvalue weighted by Gasteiger charge is 2.10. The molecule has 2 N–H and O–H groups in total. The predicted octanol–water partition coefficient (Wildman–Crippen LogP) is 2.22. The third-order valence-electron chi connectivity index (χ3n) is 3.73. The van der Waals surface area contributed by atoms with E-state index in [1.807, 2.05) is 6.07 Å². The Balaban J connectivity index is 1.68. The van der Waals surface area contributed by atoms with Crippen LogP contribution in [-0.2, 0) is 17.6 Å². The molecule has 1 amide bonds. The van der Waals surface area contributed by atoms with Crippen molar-refractivity contribution in [3.63, 3.8) is 0 Å². The van der Waals surface area contributed by atoms with E-state index in [-0.39, 0.29) is 5.91 Å². The molecule has 0 saturated heterocycles. The molecular formula is C17H25NO3. The van der Waals surface area contributed by atoms with Crippen LogP contribution in [0.4, 0.5) is 0 Å². The number of aryl methyl sites for hydroxylation is 2. The third kappa shape index (κ3) is 5.38. The predicted molar refractivity (Wildman–Crippen MR) is 82.5 cm³/mol. The second kappa shape index (κ2) is 8.03. The van der Waals surface area contributed by atoms with Crippen LogP contribution >= 0.6 is 0 Å². The molecule has 1 aromatic carbocycles. The molecule has 0 aromatic heterocycles. The first-order valence-corrected chi connectivity index (χ1v) is 7.84. The van der Waals surface area contributed by atoms with Crippen molar-refractivity contribution in [3.8, 4) is 5.75 Å². The SMILES string of the molecule is CC(O)CNC(=O)CCCOc1ccc2c(c1)CCCC2. The maximum Gasteiger partial charge on any atom is 0.220 e. The van der Waals surface area contributed by atoms with Gasteiger partial charge in [-0.2, -0.15) is 0 Å². The quantitative estimate of drug-likeness (QED) is 0.757. The van der Waals surface area contributed by atoms with Crippen molar-refractivity contribution in [2.45, 2.75) is 51.6 Å². The van der Waals surface area contributed by atoms with Gasteiger partial charge in [0.05, 0.1) is 12.7 Å². The van der Waals surface area contributed by atoms with Gasteiger partial charge in [0.2, 0.25) is 5.91 Å². The zero-order valence-corrected chi connectivity index (χ0v) is 12.7. The highest BCUT2D eigenvalue weighted by atomic mass is 16.5. The smallest absolute Gasteiger partial charge is 0.220 e. The standard InChI is InChI=1S/C17H25NO3/c1-13(19)12-18-17(20)7-4-10-21-16-9-8-14-5-2-3-6-15(14)11-16/h8-9,11,13,19H,2-7,10,12H2,1H3,(H,18,20). The lowest BCUT2D eigenvalue weighted by Crippen LogP contribution is -2.30. The number of benzene rings is 1. The number of ether oxygens (including phenoxy) is 1. The zero-order valence-electron chi connectivity index (χ0n) is 12.7. The van der Waals surface area contributed by atoms with E-state index in [9.17, 15) is 4.79 Å². The molecule has 1 aromatic rings. The molecule has 0 spiro atoms. The van der Waals surface area contributed by atoms with Crippen LogP contribution in [0.3, 0.4) is 0 Å². The van der Waals surface area contributed by atoms with Crippen LogP contribution in [0.15, 0.2) is 18.2 Å². The van der Waals surface area contributed by atoms with E-state index in [1.54, 1.807) is 6.92 Å². The highest BCUT2D eigenvalue weighted by molar-refractivity contribution is 5.75. The van der Waals surface area contributed by atoms with Crippen molar-refractivity contribution < 1.29 is 14.6 Å². The third-order valence-corrected chi connectivity index (χ3v) is 3.73. The van der Waals surface area contributed by atoms with Crippen molar-refractivity contribution in [1.82, 2.24) is 5.32 Å². The fourth-order valence-electron chi connectivity index (χ4n) is 2.57. The van der Waals surface area contributed by atoms with Crippen molar-refractivity contribution in [3.05, 3.63) is 29.3 Å². The van der Waals surface area contributed by atoms with Gasteiger partial charge in [0.25, 0.3) is 0 Å². The van der Waals surface area contributed by atoms with Crippen molar-refractivity contribution >= 4 is 5.91 Å². The Kier molecular flexibility index (Phi) is 6.05. The fraction of sp³-hybridized carbons (Fsp3) is 0.588. The van der Waals surface area contributed by atoms with Crippen LogP contribution in [-0.4, -0.2) is 30.3 Å². The number of aliphatic hydroxyl groups is 1. The Hall–Kier alpha value is -1.55. The Morgan fingerprint density at radius 3 is 2.86 bits per heavy atom. The summed E-state index contributed by atoms with van der Waals surface area (Å²) in [7, 11) is 0. The number of fused-ring (bicyclic) bond motifs is 1. The monoisotopic (exact) mass is 291 g/mol. The lowest BCUT2D eigenvalue weighted by Gasteiger charge is -2.16. The van der Waals surface area contributed by atoms with E-state index in [0.29, 0.717) is 26.0 Å². The molecule has 4 nitrogen and oxygen atoms in total. The Labute approximate surface area is 126 Å². The summed E-state index contributed by atoms with van der Waals surface area (Å²) in [6, 6.07) is 6.33. The number of carbonyl (C=O) groups excluding carboxylic acids is 1. The molecule has 1 atom stereocenters. The molecule has 0 bridgehead atoms. The van der Waals surface area contributed by atoms with Crippen molar-refractivity contribution in [2.24, 2.45) is 0 Å². The summed E-state index contributed by atoms with van der Waals surface area (Å²) >= 11 is 0. The molecule has 4 heteroatoms. The first kappa shape index (κ1) is 15.8. The molecule has 1 aliphatic rings. The summed E-state index contributed by atoms with van der Waals surface area (Å²) in [5.41, 5.74) is 2.86. The van der Waals surface area contributed by atoms with Crippen LogP contribution < -0.4 is 10.1 Å². The van der Waals surface area contributed by atoms with Crippen LogP contribution in [0.1, 0.15) is 43.7 Å². The van der Waals surface area contributed by atoms with E-state index < -0.39 is 6.10 Å². The van der Waals surface area contributed by atoms with E-state index in [4.69, 9.17) is 9.84 Å². The molecular weight excluding hydrogens is 266 g/mol. The summed E-state index contributed by atoms with van der Waals surface area (Å²) in [6.07, 6.45) is 5.49. The van der Waals surface area contributed by atoms with E-state index >= 15 is 0 Å².